The number of nitrogens with zero attached hydrogens (tertiary/aromatic N) is 1. The van der Waals surface area contributed by atoms with Gasteiger partial charge in [-0.25, -0.2) is 4.79 Å². The summed E-state index contributed by atoms with van der Waals surface area (Å²) in [7, 11) is 0. The minimum absolute atomic E-state index is 0.0100. The Kier molecular flexibility index (Phi) is 7.23. The van der Waals surface area contributed by atoms with Crippen molar-refractivity contribution in [1.29, 1.82) is 5.26 Å². The van der Waals surface area contributed by atoms with E-state index >= 15 is 0 Å². The first-order chi connectivity index (χ1) is 13.3. The van der Waals surface area contributed by atoms with Gasteiger partial charge in [0, 0.05) is 6.08 Å². The highest BCUT2D eigenvalue weighted by atomic mass is 32.1. The van der Waals surface area contributed by atoms with E-state index in [0.717, 1.165) is 11.3 Å². The highest BCUT2D eigenvalue weighted by Crippen LogP contribution is 2.33. The molecule has 0 fully saturated rings. The lowest BCUT2D eigenvalue weighted by Gasteiger charge is -2.03. The molecule has 6 nitrogen and oxygen atoms in total. The predicted octanol–water partition coefficient (Wildman–Crippen LogP) is 4.36. The molecule has 0 bridgehead atoms. The molecule has 1 aromatic heterocycles. The summed E-state index contributed by atoms with van der Waals surface area (Å²) in [4.78, 5) is 24.3. The van der Waals surface area contributed by atoms with Gasteiger partial charge in [-0.3, -0.25) is 4.79 Å². The van der Waals surface area contributed by atoms with Crippen LogP contribution in [0.5, 0.6) is 5.75 Å². The van der Waals surface area contributed by atoms with Crippen LogP contribution in [0.2, 0.25) is 0 Å². The van der Waals surface area contributed by atoms with Crippen LogP contribution in [0.1, 0.15) is 33.3 Å². The van der Waals surface area contributed by atoms with Crippen molar-refractivity contribution in [1.82, 2.24) is 0 Å². The van der Waals surface area contributed by atoms with E-state index in [4.69, 9.17) is 4.74 Å². The second-order valence-electron chi connectivity index (χ2n) is 5.36. The van der Waals surface area contributed by atoms with E-state index in [9.17, 15) is 23.6 Å². The fourth-order valence-electron chi connectivity index (χ4n) is 2.21. The number of hydrogen-bond donors (Lipinski definition) is 1. The number of benzene rings is 1. The maximum Gasteiger partial charge on any atom is 0.387 e. The quantitative estimate of drug-likeness (QED) is 0.545. The van der Waals surface area contributed by atoms with Crippen molar-refractivity contribution >= 4 is 34.3 Å². The van der Waals surface area contributed by atoms with Crippen LogP contribution in [-0.4, -0.2) is 25.1 Å². The molecule has 0 radical (unpaired) electrons. The Morgan fingerprint density at radius 3 is 2.57 bits per heavy atom. The molecule has 0 spiro atoms. The molecule has 1 heterocycles. The highest BCUT2D eigenvalue weighted by molar-refractivity contribution is 7.18. The number of hydrogen-bond acceptors (Lipinski definition) is 6. The van der Waals surface area contributed by atoms with Crippen LogP contribution in [0.25, 0.3) is 6.08 Å². The van der Waals surface area contributed by atoms with Crippen LogP contribution in [-0.2, 0) is 9.53 Å². The van der Waals surface area contributed by atoms with E-state index in [2.05, 4.69) is 10.1 Å². The van der Waals surface area contributed by atoms with Gasteiger partial charge in [-0.05, 0) is 43.2 Å². The molecule has 1 aromatic carbocycles. The fourth-order valence-corrected chi connectivity index (χ4v) is 3.27. The van der Waals surface area contributed by atoms with Crippen LogP contribution in [0.15, 0.2) is 30.3 Å². The van der Waals surface area contributed by atoms with Gasteiger partial charge in [0.1, 0.15) is 21.7 Å². The number of amides is 1. The van der Waals surface area contributed by atoms with Crippen LogP contribution in [0.4, 0.5) is 13.8 Å². The van der Waals surface area contributed by atoms with Crippen molar-refractivity contribution in [2.45, 2.75) is 20.5 Å². The van der Waals surface area contributed by atoms with Gasteiger partial charge in [-0.2, -0.15) is 14.0 Å². The first kappa shape index (κ1) is 21.1. The topological polar surface area (TPSA) is 88.4 Å². The first-order valence-corrected chi connectivity index (χ1v) is 8.91. The average Bonchev–Trinajstić information content (AvgIpc) is 2.96. The smallest absolute Gasteiger partial charge is 0.387 e. The standard InChI is InChI=1S/C19H16F2N2O4S/c1-3-26-18(25)16-11(2)14(10-22)17(28-16)23-15(24)9-6-12-4-7-13(8-5-12)27-19(20)21/h4-9,19H,3H2,1-2H3,(H,23,24)/b9-6+. The number of carbonyl (C=O) groups excluding carboxylic acids is 2. The van der Waals surface area contributed by atoms with Gasteiger partial charge in [-0.15, -0.1) is 11.3 Å². The number of carbonyl (C=O) groups is 2. The third kappa shape index (κ3) is 5.37. The van der Waals surface area contributed by atoms with E-state index in [-0.39, 0.29) is 27.8 Å². The maximum absolute atomic E-state index is 12.1. The lowest BCUT2D eigenvalue weighted by atomic mass is 10.1. The molecule has 0 aliphatic heterocycles. The Morgan fingerprint density at radius 2 is 2.00 bits per heavy atom. The summed E-state index contributed by atoms with van der Waals surface area (Å²) < 4.78 is 33.4. The van der Waals surface area contributed by atoms with Crippen molar-refractivity contribution in [3.63, 3.8) is 0 Å². The SMILES string of the molecule is CCOC(=O)c1sc(NC(=O)/C=C/c2ccc(OC(F)F)cc2)c(C#N)c1C. The Bertz CT molecular complexity index is 931. The summed E-state index contributed by atoms with van der Waals surface area (Å²) in [6.45, 7) is 0.570. The summed E-state index contributed by atoms with van der Waals surface area (Å²) in [6, 6.07) is 7.70. The van der Waals surface area contributed by atoms with Crippen LogP contribution < -0.4 is 10.1 Å². The van der Waals surface area contributed by atoms with Crippen molar-refractivity contribution in [2.24, 2.45) is 0 Å². The summed E-state index contributed by atoms with van der Waals surface area (Å²) in [6.07, 6.45) is 2.70. The fraction of sp³-hybridized carbons (Fsp3) is 0.211. The normalized spacial score (nSPS) is 10.7. The van der Waals surface area contributed by atoms with Crippen molar-refractivity contribution in [2.75, 3.05) is 11.9 Å². The zero-order valence-corrected chi connectivity index (χ0v) is 15.8. The third-order valence-electron chi connectivity index (χ3n) is 3.49. The Labute approximate surface area is 164 Å². The summed E-state index contributed by atoms with van der Waals surface area (Å²) in [5.74, 6) is -1.06. The molecule has 9 heteroatoms. The van der Waals surface area contributed by atoms with Gasteiger partial charge in [0.15, 0.2) is 0 Å². The molecular weight excluding hydrogens is 390 g/mol. The van der Waals surface area contributed by atoms with E-state index in [1.165, 1.54) is 36.4 Å². The number of rotatable bonds is 7. The third-order valence-corrected chi connectivity index (χ3v) is 4.68. The van der Waals surface area contributed by atoms with E-state index in [1.54, 1.807) is 13.8 Å². The summed E-state index contributed by atoms with van der Waals surface area (Å²) >= 11 is 0.966. The van der Waals surface area contributed by atoms with E-state index in [0.29, 0.717) is 11.1 Å². The number of ether oxygens (including phenoxy) is 2. The molecule has 0 saturated carbocycles. The zero-order chi connectivity index (χ0) is 20.7. The number of halogens is 2. The molecule has 2 rings (SSSR count). The van der Waals surface area contributed by atoms with E-state index < -0.39 is 18.5 Å². The van der Waals surface area contributed by atoms with Crippen LogP contribution in [0, 0.1) is 18.3 Å². The molecule has 0 aliphatic rings. The van der Waals surface area contributed by atoms with Gasteiger partial charge >= 0.3 is 12.6 Å². The monoisotopic (exact) mass is 406 g/mol. The molecule has 2 aromatic rings. The first-order valence-electron chi connectivity index (χ1n) is 8.10. The van der Waals surface area contributed by atoms with Crippen LogP contribution in [0.3, 0.4) is 0 Å². The van der Waals surface area contributed by atoms with Gasteiger partial charge in [-0.1, -0.05) is 12.1 Å². The number of thiophene rings is 1. The number of nitriles is 1. The minimum Gasteiger partial charge on any atom is -0.462 e. The lowest BCUT2D eigenvalue weighted by Crippen LogP contribution is -2.07. The number of esters is 1. The van der Waals surface area contributed by atoms with Crippen LogP contribution >= 0.6 is 11.3 Å². The van der Waals surface area contributed by atoms with Gasteiger partial charge in [0.25, 0.3) is 0 Å². The Balaban J connectivity index is 2.10. The van der Waals surface area contributed by atoms with Gasteiger partial charge < -0.3 is 14.8 Å². The summed E-state index contributed by atoms with van der Waals surface area (Å²) in [5.41, 5.74) is 1.23. The molecular formula is C19H16F2N2O4S. The summed E-state index contributed by atoms with van der Waals surface area (Å²) in [5, 5.41) is 12.1. The second kappa shape index (κ2) is 9.62. The van der Waals surface area contributed by atoms with Crippen molar-refractivity contribution in [3.8, 4) is 11.8 Å². The lowest BCUT2D eigenvalue weighted by molar-refractivity contribution is -0.111. The highest BCUT2D eigenvalue weighted by Gasteiger charge is 2.21. The second-order valence-corrected chi connectivity index (χ2v) is 6.38. The molecule has 1 amide bonds. The molecule has 0 saturated heterocycles. The molecule has 28 heavy (non-hydrogen) atoms. The maximum atomic E-state index is 12.1. The Hall–Kier alpha value is -3.25. The van der Waals surface area contributed by atoms with Crippen molar-refractivity contribution < 1.29 is 27.8 Å². The van der Waals surface area contributed by atoms with Gasteiger partial charge in [0.2, 0.25) is 5.91 Å². The van der Waals surface area contributed by atoms with Crippen molar-refractivity contribution in [3.05, 3.63) is 51.9 Å². The van der Waals surface area contributed by atoms with E-state index in [1.807, 2.05) is 6.07 Å². The Morgan fingerprint density at radius 1 is 1.32 bits per heavy atom. The average molecular weight is 406 g/mol. The number of anilines is 1. The molecule has 1 N–H and O–H groups in total. The zero-order valence-electron chi connectivity index (χ0n) is 15.0. The molecule has 0 aliphatic carbocycles. The number of alkyl halides is 2. The minimum atomic E-state index is -2.91. The largest absolute Gasteiger partial charge is 0.462 e. The van der Waals surface area contributed by atoms with Gasteiger partial charge in [0.05, 0.1) is 12.2 Å². The molecule has 146 valence electrons. The molecule has 0 unspecified atom stereocenters. The predicted molar refractivity (Wildman–Crippen MR) is 100 cm³/mol. The molecule has 0 atom stereocenters. The number of nitrogens with one attached hydrogen (secondary N) is 1.